The van der Waals surface area contributed by atoms with Crippen molar-refractivity contribution in [2.45, 2.75) is 79.6 Å². The normalized spacial score (nSPS) is 17.9. The number of fused-ring (bicyclic) bond motifs is 3. The summed E-state index contributed by atoms with van der Waals surface area (Å²) in [5.41, 5.74) is 9.87. The van der Waals surface area contributed by atoms with Crippen LogP contribution in [0, 0.1) is 11.8 Å². The van der Waals surface area contributed by atoms with E-state index in [1.807, 2.05) is 12.1 Å². The van der Waals surface area contributed by atoms with E-state index >= 15 is 0 Å². The standard InChI is InChI=1S/C43H48N4O2/c1-8-13-30-22-31(47-38(10-3)43(37(9-2)45-47)42-28(5)20-27(4)21-29(42)6)24-34(23-30)49-33-16-17-36-35-14-11-12-15-39(35)46(40(36)25-33)41-26-32(48-7)18-19-44-41/h11-12,14-20,22-27,29,42H,8-10,13,21H2,1-7H3/t27?,29-,42+/m0/s1. The molecule has 1 aliphatic rings. The third-order valence-electron chi connectivity index (χ3n) is 10.2. The van der Waals surface area contributed by atoms with Crippen molar-refractivity contribution in [3.63, 3.8) is 0 Å². The predicted molar refractivity (Wildman–Crippen MR) is 201 cm³/mol. The first-order valence-electron chi connectivity index (χ1n) is 18.0. The number of aryl methyl sites for hydroxylation is 2. The van der Waals surface area contributed by atoms with Crippen LogP contribution in [0.5, 0.6) is 17.2 Å². The van der Waals surface area contributed by atoms with Gasteiger partial charge in [-0.2, -0.15) is 5.10 Å². The highest BCUT2D eigenvalue weighted by molar-refractivity contribution is 6.09. The molecule has 3 aromatic heterocycles. The number of benzene rings is 3. The molecule has 0 amide bonds. The van der Waals surface area contributed by atoms with E-state index in [1.165, 1.54) is 39.9 Å². The molecular weight excluding hydrogens is 604 g/mol. The zero-order chi connectivity index (χ0) is 34.2. The van der Waals surface area contributed by atoms with Gasteiger partial charge in [-0.05, 0) is 86.4 Å². The number of pyridine rings is 1. The van der Waals surface area contributed by atoms with Crippen LogP contribution in [0.3, 0.4) is 0 Å². The number of rotatable bonds is 10. The fourth-order valence-electron chi connectivity index (χ4n) is 8.30. The summed E-state index contributed by atoms with van der Waals surface area (Å²) in [5, 5.41) is 7.63. The monoisotopic (exact) mass is 652 g/mol. The molecule has 6 aromatic rings. The smallest absolute Gasteiger partial charge is 0.141 e. The summed E-state index contributed by atoms with van der Waals surface area (Å²) in [7, 11) is 1.68. The van der Waals surface area contributed by atoms with Crippen LogP contribution in [0.25, 0.3) is 33.3 Å². The van der Waals surface area contributed by atoms with Gasteiger partial charge < -0.3 is 9.47 Å². The fraction of sp³-hybridized carbons (Fsp3) is 0.349. The Morgan fingerprint density at radius 3 is 2.41 bits per heavy atom. The minimum Gasteiger partial charge on any atom is -0.497 e. The summed E-state index contributed by atoms with van der Waals surface area (Å²) >= 11 is 0. The largest absolute Gasteiger partial charge is 0.497 e. The lowest BCUT2D eigenvalue weighted by molar-refractivity contribution is 0.389. The second-order valence-electron chi connectivity index (χ2n) is 13.8. The van der Waals surface area contributed by atoms with Crippen LogP contribution in [-0.4, -0.2) is 26.4 Å². The van der Waals surface area contributed by atoms with Gasteiger partial charge in [-0.3, -0.25) is 4.57 Å². The van der Waals surface area contributed by atoms with Crippen LogP contribution < -0.4 is 9.47 Å². The summed E-state index contributed by atoms with van der Waals surface area (Å²) in [5.74, 6) is 4.76. The van der Waals surface area contributed by atoms with E-state index < -0.39 is 0 Å². The van der Waals surface area contributed by atoms with Gasteiger partial charge in [-0.15, -0.1) is 0 Å². The zero-order valence-corrected chi connectivity index (χ0v) is 30.0. The van der Waals surface area contributed by atoms with E-state index in [-0.39, 0.29) is 0 Å². The lowest BCUT2D eigenvalue weighted by Gasteiger charge is -2.33. The maximum atomic E-state index is 6.76. The Balaban J connectivity index is 1.33. The zero-order valence-electron chi connectivity index (χ0n) is 30.0. The molecule has 0 spiro atoms. The molecule has 6 heteroatoms. The lowest BCUT2D eigenvalue weighted by atomic mass is 9.72. The molecule has 3 heterocycles. The van der Waals surface area contributed by atoms with Crippen LogP contribution in [0.15, 0.2) is 90.6 Å². The minimum atomic E-state index is 0.405. The van der Waals surface area contributed by atoms with E-state index in [0.29, 0.717) is 17.8 Å². The number of hydrogen-bond acceptors (Lipinski definition) is 4. The van der Waals surface area contributed by atoms with Gasteiger partial charge in [0.1, 0.15) is 23.1 Å². The average Bonchev–Trinajstić information content (AvgIpc) is 3.63. The second kappa shape index (κ2) is 13.6. The Labute approximate surface area is 290 Å². The summed E-state index contributed by atoms with van der Waals surface area (Å²) < 4.78 is 16.7. The first-order valence-corrected chi connectivity index (χ1v) is 18.0. The van der Waals surface area contributed by atoms with E-state index in [9.17, 15) is 0 Å². The van der Waals surface area contributed by atoms with Crippen LogP contribution in [-0.2, 0) is 19.3 Å². The van der Waals surface area contributed by atoms with Crippen molar-refractivity contribution < 1.29 is 9.47 Å². The Kier molecular flexibility index (Phi) is 9.06. The first-order chi connectivity index (χ1) is 23.8. The van der Waals surface area contributed by atoms with Gasteiger partial charge in [0.05, 0.1) is 29.5 Å². The van der Waals surface area contributed by atoms with Crippen molar-refractivity contribution in [2.75, 3.05) is 7.11 Å². The molecule has 1 unspecified atom stereocenters. The highest BCUT2D eigenvalue weighted by Crippen LogP contribution is 2.44. The summed E-state index contributed by atoms with van der Waals surface area (Å²) in [6.45, 7) is 13.8. The molecule has 3 atom stereocenters. The highest BCUT2D eigenvalue weighted by Gasteiger charge is 2.32. The molecule has 6 nitrogen and oxygen atoms in total. The SMILES string of the molecule is CCCc1cc(Oc2ccc3c4ccccc4n(-c4cc(OC)ccn4)c3c2)cc(-n2nc(CC)c([C@@H]3C(C)=CC(C)C[C@@H]3C)c2CC)c1. The van der Waals surface area contributed by atoms with Gasteiger partial charge in [0.2, 0.25) is 0 Å². The van der Waals surface area contributed by atoms with E-state index in [0.717, 1.165) is 70.9 Å². The molecule has 252 valence electrons. The first kappa shape index (κ1) is 32.7. The third-order valence-corrected chi connectivity index (χ3v) is 10.2. The van der Waals surface area contributed by atoms with Crippen molar-refractivity contribution in [3.05, 3.63) is 113 Å². The minimum absolute atomic E-state index is 0.405. The summed E-state index contributed by atoms with van der Waals surface area (Å²) in [6, 6.07) is 25.3. The number of hydrogen-bond donors (Lipinski definition) is 0. The number of para-hydroxylation sites is 1. The second-order valence-corrected chi connectivity index (χ2v) is 13.8. The van der Waals surface area contributed by atoms with Crippen LogP contribution in [0.4, 0.5) is 0 Å². The Bertz CT molecular complexity index is 2170. The van der Waals surface area contributed by atoms with Gasteiger partial charge in [0.15, 0.2) is 0 Å². The third kappa shape index (κ3) is 6.03. The topological polar surface area (TPSA) is 54.1 Å². The van der Waals surface area contributed by atoms with Gasteiger partial charge >= 0.3 is 0 Å². The van der Waals surface area contributed by atoms with E-state index in [1.54, 1.807) is 13.3 Å². The molecule has 0 fully saturated rings. The molecule has 0 saturated heterocycles. The molecule has 0 saturated carbocycles. The maximum Gasteiger partial charge on any atom is 0.141 e. The van der Waals surface area contributed by atoms with Crippen molar-refractivity contribution >= 4 is 21.8 Å². The molecular formula is C43H48N4O2. The number of ether oxygens (including phenoxy) is 2. The predicted octanol–water partition coefficient (Wildman–Crippen LogP) is 10.9. The van der Waals surface area contributed by atoms with Crippen molar-refractivity contribution in [3.8, 4) is 28.8 Å². The van der Waals surface area contributed by atoms with Gasteiger partial charge in [-0.25, -0.2) is 9.67 Å². The molecule has 0 N–H and O–H groups in total. The number of aromatic nitrogens is 4. The Morgan fingerprint density at radius 1 is 0.837 bits per heavy atom. The summed E-state index contributed by atoms with van der Waals surface area (Å²) in [6.07, 6.45) is 9.33. The molecule has 7 rings (SSSR count). The van der Waals surface area contributed by atoms with Crippen molar-refractivity contribution in [1.29, 1.82) is 0 Å². The Hall–Kier alpha value is -4.84. The van der Waals surface area contributed by atoms with Crippen LogP contribution in [0.2, 0.25) is 0 Å². The molecule has 3 aromatic carbocycles. The van der Waals surface area contributed by atoms with Gasteiger partial charge in [0, 0.05) is 52.3 Å². The fourth-order valence-corrected chi connectivity index (χ4v) is 8.30. The molecule has 0 bridgehead atoms. The number of nitrogens with zero attached hydrogens (tertiary/aromatic N) is 4. The van der Waals surface area contributed by atoms with Crippen LogP contribution in [0.1, 0.15) is 82.8 Å². The van der Waals surface area contributed by atoms with Crippen molar-refractivity contribution in [1.82, 2.24) is 19.3 Å². The van der Waals surface area contributed by atoms with Crippen LogP contribution >= 0.6 is 0 Å². The molecule has 0 aliphatic heterocycles. The van der Waals surface area contributed by atoms with Crippen molar-refractivity contribution in [2.24, 2.45) is 11.8 Å². The van der Waals surface area contributed by atoms with E-state index in [2.05, 4.69) is 118 Å². The number of methoxy groups -OCH3 is 1. The summed E-state index contributed by atoms with van der Waals surface area (Å²) in [4.78, 5) is 4.73. The van der Waals surface area contributed by atoms with Gasteiger partial charge in [-0.1, -0.05) is 70.9 Å². The molecule has 0 radical (unpaired) electrons. The quantitative estimate of drug-likeness (QED) is 0.138. The Morgan fingerprint density at radius 2 is 1.65 bits per heavy atom. The number of allylic oxidation sites excluding steroid dienone is 2. The molecule has 1 aliphatic carbocycles. The van der Waals surface area contributed by atoms with Gasteiger partial charge in [0.25, 0.3) is 0 Å². The maximum absolute atomic E-state index is 6.76. The van der Waals surface area contributed by atoms with E-state index in [4.69, 9.17) is 19.6 Å². The highest BCUT2D eigenvalue weighted by atomic mass is 16.5. The average molecular weight is 653 g/mol. The molecule has 49 heavy (non-hydrogen) atoms. The lowest BCUT2D eigenvalue weighted by Crippen LogP contribution is -2.21.